The van der Waals surface area contributed by atoms with Gasteiger partial charge in [0.15, 0.2) is 0 Å². The van der Waals surface area contributed by atoms with Gasteiger partial charge in [-0.1, -0.05) is 62.4 Å². The van der Waals surface area contributed by atoms with Crippen molar-refractivity contribution in [2.75, 3.05) is 19.6 Å². The number of likely N-dealkylation sites (tertiary alicyclic amines) is 1. The van der Waals surface area contributed by atoms with Crippen LogP contribution in [-0.2, 0) is 22.6 Å². The third kappa shape index (κ3) is 6.67. The lowest BCUT2D eigenvalue weighted by atomic mass is 9.96. The number of carbonyl (C=O) groups excluding carboxylic acids is 2. The molecule has 1 aromatic heterocycles. The first-order valence-electron chi connectivity index (χ1n) is 12.3. The molecule has 2 heterocycles. The van der Waals surface area contributed by atoms with Crippen LogP contribution in [0.2, 0.25) is 0 Å². The number of nitrogens with one attached hydrogen (secondary N) is 2. The summed E-state index contributed by atoms with van der Waals surface area (Å²) in [6, 6.07) is 18.0. The predicted octanol–water partition coefficient (Wildman–Crippen LogP) is 4.61. The van der Waals surface area contributed by atoms with Crippen LogP contribution in [0.3, 0.4) is 0 Å². The Morgan fingerprint density at radius 3 is 2.50 bits per heavy atom. The quantitative estimate of drug-likeness (QED) is 0.473. The molecule has 180 valence electrons. The largest absolute Gasteiger partial charge is 0.354 e. The molecule has 2 aromatic carbocycles. The first-order chi connectivity index (χ1) is 16.5. The SMILES string of the molecule is CC(C)C(NC(=O)Cc1ccc2ccccc2c1)C(=O)NCC1CCN(Cc2cccs2)CC1. The molecule has 1 saturated heterocycles. The minimum absolute atomic E-state index is 0.0215. The molecule has 0 spiro atoms. The van der Waals surface area contributed by atoms with Gasteiger partial charge in [0.1, 0.15) is 6.04 Å². The summed E-state index contributed by atoms with van der Waals surface area (Å²) in [4.78, 5) is 29.6. The second-order valence-corrected chi connectivity index (χ2v) is 10.7. The number of hydrogen-bond acceptors (Lipinski definition) is 4. The molecule has 4 rings (SSSR count). The predicted molar refractivity (Wildman–Crippen MR) is 140 cm³/mol. The summed E-state index contributed by atoms with van der Waals surface area (Å²) in [5.41, 5.74) is 0.952. The van der Waals surface area contributed by atoms with Crippen molar-refractivity contribution < 1.29 is 9.59 Å². The van der Waals surface area contributed by atoms with Gasteiger partial charge in [-0.2, -0.15) is 0 Å². The molecule has 6 heteroatoms. The molecule has 0 radical (unpaired) electrons. The van der Waals surface area contributed by atoms with Crippen LogP contribution in [0.15, 0.2) is 60.0 Å². The lowest BCUT2D eigenvalue weighted by molar-refractivity contribution is -0.129. The molecule has 2 amide bonds. The van der Waals surface area contributed by atoms with Gasteiger partial charge in [-0.15, -0.1) is 11.3 Å². The Kier molecular flexibility index (Phi) is 8.35. The number of hydrogen-bond donors (Lipinski definition) is 2. The molecule has 0 aliphatic carbocycles. The van der Waals surface area contributed by atoms with Crippen LogP contribution in [-0.4, -0.2) is 42.4 Å². The lowest BCUT2D eigenvalue weighted by Crippen LogP contribution is -2.51. The third-order valence-corrected chi connectivity index (χ3v) is 7.54. The number of amides is 2. The van der Waals surface area contributed by atoms with Crippen LogP contribution in [0, 0.1) is 11.8 Å². The van der Waals surface area contributed by atoms with E-state index in [0.29, 0.717) is 12.5 Å². The van der Waals surface area contributed by atoms with E-state index >= 15 is 0 Å². The van der Waals surface area contributed by atoms with E-state index in [1.807, 2.05) is 61.6 Å². The minimum Gasteiger partial charge on any atom is -0.354 e. The maximum atomic E-state index is 12.9. The van der Waals surface area contributed by atoms with Crippen molar-refractivity contribution in [3.05, 3.63) is 70.4 Å². The second kappa shape index (κ2) is 11.6. The monoisotopic (exact) mass is 477 g/mol. The number of carbonyl (C=O) groups is 2. The smallest absolute Gasteiger partial charge is 0.242 e. The van der Waals surface area contributed by atoms with Crippen LogP contribution in [0.5, 0.6) is 0 Å². The summed E-state index contributed by atoms with van der Waals surface area (Å²) in [6.45, 7) is 7.78. The number of fused-ring (bicyclic) bond motifs is 1. The zero-order valence-electron chi connectivity index (χ0n) is 20.1. The highest BCUT2D eigenvalue weighted by molar-refractivity contribution is 7.09. The van der Waals surface area contributed by atoms with Crippen LogP contribution >= 0.6 is 11.3 Å². The second-order valence-electron chi connectivity index (χ2n) is 9.69. The van der Waals surface area contributed by atoms with Crippen molar-refractivity contribution in [1.29, 1.82) is 0 Å². The van der Waals surface area contributed by atoms with Gasteiger partial charge in [-0.3, -0.25) is 14.5 Å². The molecule has 5 nitrogen and oxygen atoms in total. The maximum Gasteiger partial charge on any atom is 0.242 e. The molecular weight excluding hydrogens is 442 g/mol. The topological polar surface area (TPSA) is 61.4 Å². The molecule has 1 atom stereocenters. The number of thiophene rings is 1. The Morgan fingerprint density at radius 1 is 1.03 bits per heavy atom. The van der Waals surface area contributed by atoms with Crippen molar-refractivity contribution in [1.82, 2.24) is 15.5 Å². The Morgan fingerprint density at radius 2 is 1.79 bits per heavy atom. The molecule has 34 heavy (non-hydrogen) atoms. The molecular formula is C28H35N3O2S. The minimum atomic E-state index is -0.521. The van der Waals surface area contributed by atoms with Gasteiger partial charge in [0.05, 0.1) is 6.42 Å². The van der Waals surface area contributed by atoms with Crippen LogP contribution in [0.25, 0.3) is 10.8 Å². The van der Waals surface area contributed by atoms with Gasteiger partial charge < -0.3 is 10.6 Å². The fraction of sp³-hybridized carbons (Fsp3) is 0.429. The molecule has 0 bridgehead atoms. The maximum absolute atomic E-state index is 12.9. The Hall–Kier alpha value is -2.70. The summed E-state index contributed by atoms with van der Waals surface area (Å²) in [5, 5.41) is 10.5. The fourth-order valence-electron chi connectivity index (χ4n) is 4.62. The first kappa shape index (κ1) is 24.4. The average Bonchev–Trinajstić information content (AvgIpc) is 3.35. The zero-order valence-corrected chi connectivity index (χ0v) is 20.9. The van der Waals surface area contributed by atoms with E-state index < -0.39 is 6.04 Å². The number of rotatable bonds is 9. The van der Waals surface area contributed by atoms with Gasteiger partial charge in [0.25, 0.3) is 0 Å². The van der Waals surface area contributed by atoms with Gasteiger partial charge in [-0.05, 0) is 65.5 Å². The van der Waals surface area contributed by atoms with Crippen LogP contribution in [0.4, 0.5) is 0 Å². The standard InChI is InChI=1S/C28H35N3O2S/c1-20(2)27(30-26(32)17-22-9-10-23-6-3-4-7-24(23)16-22)28(33)29-18-21-11-13-31(14-12-21)19-25-8-5-15-34-25/h3-10,15-16,20-21,27H,11-14,17-19H2,1-2H3,(H,29,33)(H,30,32). The van der Waals surface area contributed by atoms with E-state index in [1.54, 1.807) is 0 Å². The van der Waals surface area contributed by atoms with Crippen molar-refractivity contribution >= 4 is 33.9 Å². The highest BCUT2D eigenvalue weighted by Gasteiger charge is 2.26. The molecule has 1 aliphatic heterocycles. The molecule has 3 aromatic rings. The average molecular weight is 478 g/mol. The molecule has 1 fully saturated rings. The normalized spacial score (nSPS) is 16.0. The highest BCUT2D eigenvalue weighted by atomic mass is 32.1. The van der Waals surface area contributed by atoms with Crippen LogP contribution < -0.4 is 10.6 Å². The Labute approximate surface area is 206 Å². The van der Waals surface area contributed by atoms with Gasteiger partial charge in [-0.25, -0.2) is 0 Å². The van der Waals surface area contributed by atoms with E-state index in [4.69, 9.17) is 0 Å². The molecule has 2 N–H and O–H groups in total. The summed E-state index contributed by atoms with van der Waals surface area (Å²) < 4.78 is 0. The van der Waals surface area contributed by atoms with Gasteiger partial charge >= 0.3 is 0 Å². The highest BCUT2D eigenvalue weighted by Crippen LogP contribution is 2.20. The zero-order chi connectivity index (χ0) is 23.9. The first-order valence-corrected chi connectivity index (χ1v) is 13.2. The Balaban J connectivity index is 1.24. The van der Waals surface area contributed by atoms with Crippen molar-refractivity contribution in [3.63, 3.8) is 0 Å². The van der Waals surface area contributed by atoms with E-state index in [-0.39, 0.29) is 24.2 Å². The molecule has 1 unspecified atom stereocenters. The summed E-state index contributed by atoms with van der Waals surface area (Å²) >= 11 is 1.81. The van der Waals surface area contributed by atoms with E-state index in [1.165, 1.54) is 4.88 Å². The van der Waals surface area contributed by atoms with Crippen molar-refractivity contribution in [3.8, 4) is 0 Å². The molecule has 0 saturated carbocycles. The number of piperidine rings is 1. The fourth-order valence-corrected chi connectivity index (χ4v) is 5.37. The lowest BCUT2D eigenvalue weighted by Gasteiger charge is -2.32. The Bertz CT molecular complexity index is 1090. The van der Waals surface area contributed by atoms with Crippen molar-refractivity contribution in [2.45, 2.75) is 45.7 Å². The van der Waals surface area contributed by atoms with E-state index in [2.05, 4.69) is 39.1 Å². The van der Waals surface area contributed by atoms with E-state index in [0.717, 1.165) is 48.8 Å². The summed E-state index contributed by atoms with van der Waals surface area (Å²) in [5.74, 6) is 0.312. The van der Waals surface area contributed by atoms with Gasteiger partial charge in [0, 0.05) is 18.0 Å². The molecule has 1 aliphatic rings. The van der Waals surface area contributed by atoms with Crippen LogP contribution in [0.1, 0.15) is 37.1 Å². The number of benzene rings is 2. The summed E-state index contributed by atoms with van der Waals surface area (Å²) in [6.07, 6.45) is 2.45. The summed E-state index contributed by atoms with van der Waals surface area (Å²) in [7, 11) is 0. The van der Waals surface area contributed by atoms with Gasteiger partial charge in [0.2, 0.25) is 11.8 Å². The van der Waals surface area contributed by atoms with E-state index in [9.17, 15) is 9.59 Å². The van der Waals surface area contributed by atoms with Crippen molar-refractivity contribution in [2.24, 2.45) is 11.8 Å². The number of nitrogens with zero attached hydrogens (tertiary/aromatic N) is 1. The third-order valence-electron chi connectivity index (χ3n) is 6.68.